The molecule has 1 fully saturated rings. The summed E-state index contributed by atoms with van der Waals surface area (Å²) >= 11 is 0. The van der Waals surface area contributed by atoms with Gasteiger partial charge in [0.2, 0.25) is 0 Å². The summed E-state index contributed by atoms with van der Waals surface area (Å²) in [7, 11) is 0. The Hall–Kier alpha value is -3.09. The highest BCUT2D eigenvalue weighted by atomic mass is 16.5. The zero-order valence-electron chi connectivity index (χ0n) is 15.1. The van der Waals surface area contributed by atoms with Gasteiger partial charge in [0.25, 0.3) is 5.56 Å². The number of hydrogen-bond acceptors (Lipinski definition) is 5. The molecule has 0 unspecified atom stereocenters. The number of nitrogen functional groups attached to an aromatic ring is 1. The van der Waals surface area contributed by atoms with Crippen LogP contribution in [0, 0.1) is 28.6 Å². The van der Waals surface area contributed by atoms with Crippen molar-refractivity contribution in [3.8, 4) is 23.3 Å². The number of nitrogens with one attached hydrogen (secondary N) is 1. The summed E-state index contributed by atoms with van der Waals surface area (Å²) in [6, 6.07) is 11.3. The van der Waals surface area contributed by atoms with Crippen molar-refractivity contribution in [2.45, 2.75) is 38.7 Å². The number of aromatic nitrogens is 1. The quantitative estimate of drug-likeness (QED) is 0.845. The van der Waals surface area contributed by atoms with E-state index in [-0.39, 0.29) is 22.5 Å². The molecular weight excluding hydrogens is 340 g/mol. The summed E-state index contributed by atoms with van der Waals surface area (Å²) in [6.07, 6.45) is 6.21. The molecule has 0 radical (unpaired) electrons. The summed E-state index contributed by atoms with van der Waals surface area (Å²) in [6.45, 7) is 1.05. The van der Waals surface area contributed by atoms with Crippen molar-refractivity contribution >= 4 is 5.82 Å². The Labute approximate surface area is 158 Å². The average molecular weight is 362 g/mol. The van der Waals surface area contributed by atoms with E-state index in [1.54, 1.807) is 12.1 Å². The van der Waals surface area contributed by atoms with E-state index in [4.69, 9.17) is 10.5 Å². The molecule has 0 aliphatic heterocycles. The van der Waals surface area contributed by atoms with Gasteiger partial charge < -0.3 is 15.5 Å². The van der Waals surface area contributed by atoms with Crippen molar-refractivity contribution in [3.63, 3.8) is 0 Å². The maximum Gasteiger partial charge on any atom is 0.268 e. The standard InChI is InChI=1S/C21H22N4O2/c22-10-17-19(18(11-23)21(26)25-20(17)24)16-9-5-4-8-15(16)13-27-12-14-6-2-1-3-7-14/h4-5,8-9,14H,1-3,6-7,12-13H2,(H3,24,25,26). The van der Waals surface area contributed by atoms with Crippen LogP contribution < -0.4 is 11.3 Å². The smallest absolute Gasteiger partial charge is 0.268 e. The van der Waals surface area contributed by atoms with Crippen molar-refractivity contribution in [1.29, 1.82) is 10.5 Å². The number of H-pyrrole nitrogens is 1. The van der Waals surface area contributed by atoms with Gasteiger partial charge in [-0.1, -0.05) is 43.5 Å². The molecule has 6 heteroatoms. The lowest BCUT2D eigenvalue weighted by molar-refractivity contribution is 0.0741. The van der Waals surface area contributed by atoms with E-state index in [0.29, 0.717) is 24.7 Å². The summed E-state index contributed by atoms with van der Waals surface area (Å²) in [4.78, 5) is 14.5. The third kappa shape index (κ3) is 4.02. The van der Waals surface area contributed by atoms with Gasteiger partial charge in [-0.2, -0.15) is 10.5 Å². The molecule has 0 bridgehead atoms. The largest absolute Gasteiger partial charge is 0.384 e. The number of anilines is 1. The highest BCUT2D eigenvalue weighted by Crippen LogP contribution is 2.31. The molecule has 0 amide bonds. The van der Waals surface area contributed by atoms with E-state index in [9.17, 15) is 15.3 Å². The number of nitrogens with zero attached hydrogens (tertiary/aromatic N) is 2. The van der Waals surface area contributed by atoms with E-state index in [2.05, 4.69) is 4.98 Å². The first-order valence-corrected chi connectivity index (χ1v) is 9.17. The third-order valence-electron chi connectivity index (χ3n) is 5.09. The van der Waals surface area contributed by atoms with Crippen LogP contribution in [0.5, 0.6) is 0 Å². The van der Waals surface area contributed by atoms with Crippen LogP contribution in [0.15, 0.2) is 29.1 Å². The molecule has 3 rings (SSSR count). The summed E-state index contributed by atoms with van der Waals surface area (Å²) in [5.74, 6) is 0.555. The first kappa shape index (κ1) is 18.7. The zero-order chi connectivity index (χ0) is 19.2. The van der Waals surface area contributed by atoms with E-state index in [1.165, 1.54) is 32.1 Å². The van der Waals surface area contributed by atoms with Crippen LogP contribution in [0.2, 0.25) is 0 Å². The van der Waals surface area contributed by atoms with Crippen molar-refractivity contribution in [1.82, 2.24) is 4.98 Å². The van der Waals surface area contributed by atoms with Crippen LogP contribution >= 0.6 is 0 Å². The fourth-order valence-electron chi connectivity index (χ4n) is 3.69. The topological polar surface area (TPSA) is 116 Å². The summed E-state index contributed by atoms with van der Waals surface area (Å²) < 4.78 is 5.95. The predicted octanol–water partition coefficient (Wildman–Crippen LogP) is 3.46. The molecule has 1 saturated carbocycles. The van der Waals surface area contributed by atoms with Crippen molar-refractivity contribution in [2.75, 3.05) is 12.3 Å². The number of benzene rings is 1. The van der Waals surface area contributed by atoms with Crippen molar-refractivity contribution in [2.24, 2.45) is 5.92 Å². The van der Waals surface area contributed by atoms with Gasteiger partial charge in [0.1, 0.15) is 29.1 Å². The lowest BCUT2D eigenvalue weighted by Gasteiger charge is -2.21. The molecule has 1 heterocycles. The van der Waals surface area contributed by atoms with Gasteiger partial charge in [0.15, 0.2) is 0 Å². The monoisotopic (exact) mass is 362 g/mol. The maximum atomic E-state index is 12.2. The Morgan fingerprint density at radius 1 is 1.11 bits per heavy atom. The molecule has 0 spiro atoms. The van der Waals surface area contributed by atoms with Crippen LogP contribution in [-0.4, -0.2) is 11.6 Å². The molecule has 1 aliphatic carbocycles. The second-order valence-corrected chi connectivity index (χ2v) is 6.89. The maximum absolute atomic E-state index is 12.2. The minimum absolute atomic E-state index is 0.0329. The number of hydrogen-bond donors (Lipinski definition) is 2. The molecule has 1 aromatic carbocycles. The Kier molecular flexibility index (Phi) is 5.90. The molecule has 138 valence electrons. The first-order chi connectivity index (χ1) is 13.2. The Balaban J connectivity index is 1.94. The second-order valence-electron chi connectivity index (χ2n) is 6.89. The zero-order valence-corrected chi connectivity index (χ0v) is 15.1. The molecule has 0 atom stereocenters. The average Bonchev–Trinajstić information content (AvgIpc) is 2.69. The number of ether oxygens (including phenoxy) is 1. The van der Waals surface area contributed by atoms with Crippen LogP contribution in [0.4, 0.5) is 5.82 Å². The number of nitriles is 2. The van der Waals surface area contributed by atoms with E-state index < -0.39 is 5.56 Å². The van der Waals surface area contributed by atoms with E-state index >= 15 is 0 Å². The first-order valence-electron chi connectivity index (χ1n) is 9.17. The lowest BCUT2D eigenvalue weighted by atomic mass is 9.90. The highest BCUT2D eigenvalue weighted by Gasteiger charge is 2.20. The Bertz CT molecular complexity index is 960. The fourth-order valence-corrected chi connectivity index (χ4v) is 3.69. The second kappa shape index (κ2) is 8.53. The van der Waals surface area contributed by atoms with Crippen molar-refractivity contribution in [3.05, 3.63) is 51.3 Å². The van der Waals surface area contributed by atoms with Gasteiger partial charge in [0, 0.05) is 12.2 Å². The fraction of sp³-hybridized carbons (Fsp3) is 0.381. The van der Waals surface area contributed by atoms with Crippen LogP contribution in [-0.2, 0) is 11.3 Å². The van der Waals surface area contributed by atoms with E-state index in [1.807, 2.05) is 24.3 Å². The van der Waals surface area contributed by atoms with Crippen molar-refractivity contribution < 1.29 is 4.74 Å². The number of pyridine rings is 1. The predicted molar refractivity (Wildman–Crippen MR) is 103 cm³/mol. The third-order valence-corrected chi connectivity index (χ3v) is 5.09. The van der Waals surface area contributed by atoms with Gasteiger partial charge in [-0.25, -0.2) is 0 Å². The normalized spacial score (nSPS) is 14.4. The molecule has 0 saturated heterocycles. The Morgan fingerprint density at radius 2 is 1.81 bits per heavy atom. The van der Waals surface area contributed by atoms with Gasteiger partial charge in [0.05, 0.1) is 6.61 Å². The van der Waals surface area contributed by atoms with Crippen LogP contribution in [0.3, 0.4) is 0 Å². The van der Waals surface area contributed by atoms with E-state index in [0.717, 1.165) is 5.56 Å². The Morgan fingerprint density at radius 3 is 2.52 bits per heavy atom. The molecule has 1 aromatic heterocycles. The molecule has 2 aromatic rings. The van der Waals surface area contributed by atoms with Gasteiger partial charge in [-0.15, -0.1) is 0 Å². The number of nitrogens with two attached hydrogens (primary N) is 1. The molecule has 6 nitrogen and oxygen atoms in total. The minimum Gasteiger partial charge on any atom is -0.384 e. The lowest BCUT2D eigenvalue weighted by Crippen LogP contribution is -2.17. The molecular formula is C21H22N4O2. The number of aromatic amines is 1. The summed E-state index contributed by atoms with van der Waals surface area (Å²) in [5.41, 5.74) is 6.95. The van der Waals surface area contributed by atoms with Gasteiger partial charge in [-0.05, 0) is 29.9 Å². The minimum atomic E-state index is -0.595. The number of rotatable bonds is 5. The van der Waals surface area contributed by atoms with Crippen LogP contribution in [0.1, 0.15) is 48.8 Å². The van der Waals surface area contributed by atoms with Gasteiger partial charge in [-0.3, -0.25) is 4.79 Å². The molecule has 27 heavy (non-hydrogen) atoms. The molecule has 1 aliphatic rings. The highest BCUT2D eigenvalue weighted by molar-refractivity contribution is 5.81. The summed E-state index contributed by atoms with van der Waals surface area (Å²) in [5, 5.41) is 19.0. The SMILES string of the molecule is N#Cc1c(N)[nH]c(=O)c(C#N)c1-c1ccccc1COCC1CCCCC1. The van der Waals surface area contributed by atoms with Crippen LogP contribution in [0.25, 0.3) is 11.1 Å². The molecule has 3 N–H and O–H groups in total. The van der Waals surface area contributed by atoms with Gasteiger partial charge >= 0.3 is 0 Å².